The molecule has 0 aromatic carbocycles. The summed E-state index contributed by atoms with van der Waals surface area (Å²) in [5, 5.41) is 8.42. The molecule has 0 N–H and O–H groups in total. The Morgan fingerprint density at radius 3 is 2.69 bits per heavy atom. The quantitative estimate of drug-likeness (QED) is 0.674. The third-order valence-corrected chi connectivity index (χ3v) is 2.68. The van der Waals surface area contributed by atoms with Crippen LogP contribution in [0.1, 0.15) is 19.3 Å². The van der Waals surface area contributed by atoms with Gasteiger partial charge in [-0.1, -0.05) is 0 Å². The lowest BCUT2D eigenvalue weighted by Gasteiger charge is -2.27. The van der Waals surface area contributed by atoms with Crippen molar-refractivity contribution < 1.29 is 9.59 Å². The van der Waals surface area contributed by atoms with Crippen LogP contribution < -0.4 is 0 Å². The molecular formula is C11H17N3O2. The number of Topliss-reactive ketones (excluding diaryl/α,β-unsaturated/α-hetero) is 1. The van der Waals surface area contributed by atoms with E-state index in [9.17, 15) is 9.59 Å². The van der Waals surface area contributed by atoms with Gasteiger partial charge in [-0.2, -0.15) is 5.26 Å². The Morgan fingerprint density at radius 2 is 2.12 bits per heavy atom. The van der Waals surface area contributed by atoms with E-state index in [0.717, 1.165) is 0 Å². The van der Waals surface area contributed by atoms with Gasteiger partial charge in [-0.15, -0.1) is 0 Å². The average Bonchev–Trinajstić information content (AvgIpc) is 2.27. The summed E-state index contributed by atoms with van der Waals surface area (Å²) < 4.78 is 0. The number of nitrogens with zero attached hydrogens (tertiary/aromatic N) is 3. The summed E-state index contributed by atoms with van der Waals surface area (Å²) in [6.45, 7) is 2.03. The lowest BCUT2D eigenvalue weighted by Crippen LogP contribution is -2.43. The molecule has 0 radical (unpaired) electrons. The minimum absolute atomic E-state index is 0.0490. The Hall–Kier alpha value is -1.41. The van der Waals surface area contributed by atoms with Crippen molar-refractivity contribution in [1.82, 2.24) is 9.80 Å². The molecule has 1 heterocycles. The maximum atomic E-state index is 11.8. The summed E-state index contributed by atoms with van der Waals surface area (Å²) in [5.74, 6) is 0.287. The van der Waals surface area contributed by atoms with E-state index < -0.39 is 0 Å². The van der Waals surface area contributed by atoms with Gasteiger partial charge < -0.3 is 4.90 Å². The summed E-state index contributed by atoms with van der Waals surface area (Å²) in [7, 11) is 1.82. The number of ketones is 1. The number of carbonyl (C=O) groups excluding carboxylic acids is 2. The summed E-state index contributed by atoms with van der Waals surface area (Å²) in [5.41, 5.74) is 0. The fraction of sp³-hybridized carbons (Fsp3) is 0.727. The molecule has 0 aromatic heterocycles. The topological polar surface area (TPSA) is 64.4 Å². The van der Waals surface area contributed by atoms with Gasteiger partial charge in [-0.25, -0.2) is 0 Å². The Kier molecular flexibility index (Phi) is 4.93. The zero-order valence-corrected chi connectivity index (χ0v) is 9.61. The molecule has 1 saturated heterocycles. The van der Waals surface area contributed by atoms with Crippen molar-refractivity contribution >= 4 is 11.7 Å². The van der Waals surface area contributed by atoms with Gasteiger partial charge in [0.2, 0.25) is 5.91 Å². The molecular weight excluding hydrogens is 206 g/mol. The monoisotopic (exact) mass is 223 g/mol. The molecule has 1 aliphatic rings. The molecule has 0 unspecified atom stereocenters. The zero-order valence-electron chi connectivity index (χ0n) is 9.61. The SMILES string of the molecule is CN(CCC#N)CC(=O)N1CCC(=O)CC1. The molecule has 5 heteroatoms. The van der Waals surface area contributed by atoms with Crippen molar-refractivity contribution in [3.05, 3.63) is 0 Å². The third kappa shape index (κ3) is 3.99. The highest BCUT2D eigenvalue weighted by Gasteiger charge is 2.21. The lowest BCUT2D eigenvalue weighted by molar-refractivity contribution is -0.135. The van der Waals surface area contributed by atoms with Gasteiger partial charge in [0.1, 0.15) is 5.78 Å². The number of hydrogen-bond donors (Lipinski definition) is 0. The Morgan fingerprint density at radius 1 is 1.50 bits per heavy atom. The minimum Gasteiger partial charge on any atom is -0.341 e. The van der Waals surface area contributed by atoms with Gasteiger partial charge in [0.15, 0.2) is 0 Å². The standard InChI is InChI=1S/C11H17N3O2/c1-13(6-2-5-12)9-11(16)14-7-3-10(15)4-8-14/h2-4,6-9H2,1H3. The molecule has 0 saturated carbocycles. The second kappa shape index (κ2) is 6.23. The molecule has 1 fully saturated rings. The molecule has 1 amide bonds. The molecule has 1 aliphatic heterocycles. The van der Waals surface area contributed by atoms with Gasteiger partial charge in [-0.3, -0.25) is 14.5 Å². The van der Waals surface area contributed by atoms with Gasteiger partial charge >= 0.3 is 0 Å². The Labute approximate surface area is 95.6 Å². The van der Waals surface area contributed by atoms with Crippen LogP contribution in [0.5, 0.6) is 0 Å². The lowest BCUT2D eigenvalue weighted by atomic mass is 10.1. The number of carbonyl (C=O) groups is 2. The van der Waals surface area contributed by atoms with Crippen LogP contribution in [0.25, 0.3) is 0 Å². The molecule has 0 atom stereocenters. The first kappa shape index (κ1) is 12.7. The number of nitriles is 1. The average molecular weight is 223 g/mol. The maximum absolute atomic E-state index is 11.8. The van der Waals surface area contributed by atoms with Crippen molar-refractivity contribution in [3.8, 4) is 6.07 Å². The van der Waals surface area contributed by atoms with Gasteiger partial charge in [0, 0.05) is 38.9 Å². The summed E-state index contributed by atoms with van der Waals surface area (Å²) in [6, 6.07) is 2.05. The van der Waals surface area contributed by atoms with Crippen LogP contribution in [0.2, 0.25) is 0 Å². The highest BCUT2D eigenvalue weighted by molar-refractivity contribution is 5.84. The first-order chi connectivity index (χ1) is 7.63. The number of likely N-dealkylation sites (tertiary alicyclic amines) is 1. The van der Waals surface area contributed by atoms with Gasteiger partial charge in [0.25, 0.3) is 0 Å². The van der Waals surface area contributed by atoms with Crippen molar-refractivity contribution in [2.75, 3.05) is 33.2 Å². The second-order valence-electron chi connectivity index (χ2n) is 4.07. The highest BCUT2D eigenvalue weighted by atomic mass is 16.2. The Bertz CT molecular complexity index is 299. The number of amides is 1. The largest absolute Gasteiger partial charge is 0.341 e. The molecule has 16 heavy (non-hydrogen) atoms. The van der Waals surface area contributed by atoms with E-state index in [4.69, 9.17) is 5.26 Å². The molecule has 5 nitrogen and oxygen atoms in total. The van der Waals surface area contributed by atoms with E-state index in [1.54, 1.807) is 4.90 Å². The van der Waals surface area contributed by atoms with E-state index in [0.29, 0.717) is 45.4 Å². The highest BCUT2D eigenvalue weighted by Crippen LogP contribution is 2.06. The summed E-state index contributed by atoms with van der Waals surface area (Å²) in [6.07, 6.45) is 1.39. The molecule has 0 aromatic rings. The molecule has 0 bridgehead atoms. The van der Waals surface area contributed by atoms with Crippen LogP contribution in [-0.4, -0.2) is 54.7 Å². The fourth-order valence-corrected chi connectivity index (χ4v) is 1.66. The van der Waals surface area contributed by atoms with E-state index in [1.807, 2.05) is 18.0 Å². The minimum atomic E-state index is 0.0490. The van der Waals surface area contributed by atoms with Crippen LogP contribution in [-0.2, 0) is 9.59 Å². The first-order valence-electron chi connectivity index (χ1n) is 5.48. The van der Waals surface area contributed by atoms with Gasteiger partial charge in [0.05, 0.1) is 12.6 Å². The van der Waals surface area contributed by atoms with Crippen molar-refractivity contribution in [2.24, 2.45) is 0 Å². The molecule has 0 aliphatic carbocycles. The van der Waals surface area contributed by atoms with Crippen molar-refractivity contribution in [3.63, 3.8) is 0 Å². The maximum Gasteiger partial charge on any atom is 0.236 e. The molecule has 88 valence electrons. The number of likely N-dealkylation sites (N-methyl/N-ethyl adjacent to an activating group) is 1. The number of rotatable bonds is 4. The third-order valence-electron chi connectivity index (χ3n) is 2.68. The number of piperidine rings is 1. The second-order valence-corrected chi connectivity index (χ2v) is 4.07. The number of hydrogen-bond acceptors (Lipinski definition) is 4. The molecule has 1 rings (SSSR count). The zero-order chi connectivity index (χ0) is 12.0. The van der Waals surface area contributed by atoms with Crippen LogP contribution in [0.4, 0.5) is 0 Å². The summed E-state index contributed by atoms with van der Waals surface area (Å²) >= 11 is 0. The van der Waals surface area contributed by atoms with Crippen LogP contribution >= 0.6 is 0 Å². The van der Waals surface area contributed by atoms with E-state index in [-0.39, 0.29) is 11.7 Å². The predicted molar refractivity (Wildman–Crippen MR) is 58.5 cm³/mol. The first-order valence-corrected chi connectivity index (χ1v) is 5.48. The van der Waals surface area contributed by atoms with Gasteiger partial charge in [-0.05, 0) is 7.05 Å². The van der Waals surface area contributed by atoms with Crippen molar-refractivity contribution in [2.45, 2.75) is 19.3 Å². The fourth-order valence-electron chi connectivity index (χ4n) is 1.66. The summed E-state index contributed by atoms with van der Waals surface area (Å²) in [4.78, 5) is 26.3. The van der Waals surface area contributed by atoms with E-state index in [1.165, 1.54) is 0 Å². The smallest absolute Gasteiger partial charge is 0.236 e. The molecule has 0 spiro atoms. The van der Waals surface area contributed by atoms with E-state index in [2.05, 4.69) is 0 Å². The normalized spacial score (nSPS) is 16.3. The van der Waals surface area contributed by atoms with Crippen molar-refractivity contribution in [1.29, 1.82) is 5.26 Å². The Balaban J connectivity index is 2.29. The van der Waals surface area contributed by atoms with Crippen LogP contribution in [0, 0.1) is 11.3 Å². The van der Waals surface area contributed by atoms with Crippen LogP contribution in [0.15, 0.2) is 0 Å². The van der Waals surface area contributed by atoms with E-state index >= 15 is 0 Å². The van der Waals surface area contributed by atoms with Crippen LogP contribution in [0.3, 0.4) is 0 Å². The predicted octanol–water partition coefficient (Wildman–Crippen LogP) is 0.0234.